The van der Waals surface area contributed by atoms with Crippen molar-refractivity contribution in [3.63, 3.8) is 0 Å². The average molecular weight is 260 g/mol. The number of hydrogen-bond acceptors (Lipinski definition) is 3. The summed E-state index contributed by atoms with van der Waals surface area (Å²) in [5.74, 6) is 0. The molecule has 0 saturated carbocycles. The first kappa shape index (κ1) is 13.2. The summed E-state index contributed by atoms with van der Waals surface area (Å²) < 4.78 is 0. The van der Waals surface area contributed by atoms with Gasteiger partial charge in [-0.1, -0.05) is 12.1 Å². The number of benzene rings is 1. The molecule has 1 unspecified atom stereocenters. The molecule has 1 aromatic heterocycles. The molecule has 2 rings (SSSR count). The highest BCUT2D eigenvalue weighted by Gasteiger charge is 2.15. The molecule has 1 aromatic carbocycles. The van der Waals surface area contributed by atoms with Crippen LogP contribution in [0.4, 0.5) is 0 Å². The molecule has 3 heteroatoms. The lowest BCUT2D eigenvalue weighted by molar-refractivity contribution is 0.808. The largest absolute Gasteiger partial charge is 0.322 e. The van der Waals surface area contributed by atoms with Crippen LogP contribution in [-0.2, 0) is 0 Å². The Morgan fingerprint density at radius 3 is 2.33 bits per heavy atom. The Balaban J connectivity index is 2.59. The number of hydrogen-bond donors (Lipinski definition) is 1. The van der Waals surface area contributed by atoms with E-state index in [4.69, 9.17) is 10.7 Å². The molecule has 2 aromatic rings. The first-order valence-corrected chi connectivity index (χ1v) is 7.03. The SMILES string of the molecule is Cc1ccc(-c2nc(C(C)N)sc2C)c(C)c1C. The quantitative estimate of drug-likeness (QED) is 0.884. The smallest absolute Gasteiger partial charge is 0.110 e. The highest BCUT2D eigenvalue weighted by atomic mass is 32.1. The second-order valence-electron chi connectivity index (χ2n) is 4.93. The van der Waals surface area contributed by atoms with Crippen molar-refractivity contribution >= 4 is 11.3 Å². The predicted octanol–water partition coefficient (Wildman–Crippen LogP) is 4.06. The van der Waals surface area contributed by atoms with Gasteiger partial charge in [-0.2, -0.15) is 0 Å². The fraction of sp³-hybridized carbons (Fsp3) is 0.400. The van der Waals surface area contributed by atoms with Crippen molar-refractivity contribution in [2.24, 2.45) is 5.73 Å². The van der Waals surface area contributed by atoms with Crippen molar-refractivity contribution in [2.75, 3.05) is 0 Å². The second-order valence-corrected chi connectivity index (χ2v) is 6.16. The maximum Gasteiger partial charge on any atom is 0.110 e. The van der Waals surface area contributed by atoms with E-state index >= 15 is 0 Å². The van der Waals surface area contributed by atoms with Crippen molar-refractivity contribution in [1.29, 1.82) is 0 Å². The molecule has 96 valence electrons. The number of nitrogens with zero attached hydrogens (tertiary/aromatic N) is 1. The van der Waals surface area contributed by atoms with Crippen molar-refractivity contribution in [1.82, 2.24) is 4.98 Å². The van der Waals surface area contributed by atoms with Gasteiger partial charge in [-0.05, 0) is 51.3 Å². The first-order valence-electron chi connectivity index (χ1n) is 6.22. The molecule has 0 aliphatic heterocycles. The van der Waals surface area contributed by atoms with Crippen LogP contribution in [0.25, 0.3) is 11.3 Å². The highest BCUT2D eigenvalue weighted by Crippen LogP contribution is 2.33. The van der Waals surface area contributed by atoms with E-state index < -0.39 is 0 Å². The minimum atomic E-state index is 0.00861. The predicted molar refractivity (Wildman–Crippen MR) is 79.1 cm³/mol. The Hall–Kier alpha value is -1.19. The summed E-state index contributed by atoms with van der Waals surface area (Å²) in [4.78, 5) is 5.95. The van der Waals surface area contributed by atoms with Gasteiger partial charge in [0.2, 0.25) is 0 Å². The van der Waals surface area contributed by atoms with Crippen molar-refractivity contribution < 1.29 is 0 Å². The van der Waals surface area contributed by atoms with E-state index in [2.05, 4.69) is 39.8 Å². The van der Waals surface area contributed by atoms with Crippen LogP contribution < -0.4 is 5.73 Å². The number of aromatic nitrogens is 1. The first-order chi connectivity index (χ1) is 8.41. The van der Waals surface area contributed by atoms with E-state index in [1.54, 1.807) is 11.3 Å². The average Bonchev–Trinajstić information content (AvgIpc) is 2.69. The van der Waals surface area contributed by atoms with Gasteiger partial charge in [-0.15, -0.1) is 11.3 Å². The molecule has 18 heavy (non-hydrogen) atoms. The number of aryl methyl sites for hydroxylation is 2. The highest BCUT2D eigenvalue weighted by molar-refractivity contribution is 7.12. The molecule has 0 aliphatic carbocycles. The number of thiazole rings is 1. The minimum Gasteiger partial charge on any atom is -0.322 e. The van der Waals surface area contributed by atoms with Gasteiger partial charge in [0, 0.05) is 10.4 Å². The molecule has 2 N–H and O–H groups in total. The van der Waals surface area contributed by atoms with Gasteiger partial charge in [0.05, 0.1) is 11.7 Å². The number of rotatable bonds is 2. The van der Waals surface area contributed by atoms with Gasteiger partial charge in [0.1, 0.15) is 5.01 Å². The summed E-state index contributed by atoms with van der Waals surface area (Å²) in [7, 11) is 0. The van der Waals surface area contributed by atoms with Crippen LogP contribution in [0, 0.1) is 27.7 Å². The molecule has 0 amide bonds. The summed E-state index contributed by atoms with van der Waals surface area (Å²) in [5, 5.41) is 1.01. The fourth-order valence-electron chi connectivity index (χ4n) is 2.07. The maximum absolute atomic E-state index is 5.91. The van der Waals surface area contributed by atoms with Gasteiger partial charge < -0.3 is 5.73 Å². The molecule has 0 bridgehead atoms. The molecule has 2 nitrogen and oxygen atoms in total. The minimum absolute atomic E-state index is 0.00861. The number of nitrogens with two attached hydrogens (primary N) is 1. The van der Waals surface area contributed by atoms with Gasteiger partial charge in [-0.3, -0.25) is 0 Å². The van der Waals surface area contributed by atoms with Gasteiger partial charge in [0.25, 0.3) is 0 Å². The Morgan fingerprint density at radius 1 is 1.11 bits per heavy atom. The zero-order chi connectivity index (χ0) is 13.4. The molecule has 1 heterocycles. The fourth-order valence-corrected chi connectivity index (χ4v) is 2.96. The molecule has 0 spiro atoms. The normalized spacial score (nSPS) is 12.8. The Morgan fingerprint density at radius 2 is 1.78 bits per heavy atom. The van der Waals surface area contributed by atoms with Crippen molar-refractivity contribution in [2.45, 2.75) is 40.7 Å². The van der Waals surface area contributed by atoms with Crippen molar-refractivity contribution in [3.8, 4) is 11.3 Å². The molecule has 0 saturated heterocycles. The van der Waals surface area contributed by atoms with Crippen LogP contribution in [0.1, 0.15) is 39.5 Å². The molecule has 0 aliphatic rings. The molecular weight excluding hydrogens is 240 g/mol. The van der Waals surface area contributed by atoms with E-state index in [1.165, 1.54) is 27.1 Å². The third-order valence-corrected chi connectivity index (χ3v) is 4.69. The van der Waals surface area contributed by atoms with Crippen LogP contribution in [0.15, 0.2) is 12.1 Å². The van der Waals surface area contributed by atoms with Crippen molar-refractivity contribution in [3.05, 3.63) is 38.7 Å². The summed E-state index contributed by atoms with van der Waals surface area (Å²) in [6.07, 6.45) is 0. The Labute approximate surface area is 113 Å². The summed E-state index contributed by atoms with van der Waals surface area (Å²) >= 11 is 1.70. The second kappa shape index (κ2) is 4.82. The summed E-state index contributed by atoms with van der Waals surface area (Å²) in [6, 6.07) is 4.35. The Kier molecular flexibility index (Phi) is 3.55. The third kappa shape index (κ3) is 2.20. The standard InChI is InChI=1S/C15H20N2S/c1-8-6-7-13(10(3)9(8)2)14-12(5)18-15(17-14)11(4)16/h6-7,11H,16H2,1-5H3. The van der Waals surface area contributed by atoms with Crippen LogP contribution in [0.2, 0.25) is 0 Å². The summed E-state index contributed by atoms with van der Waals surface area (Å²) in [5.41, 5.74) is 12.2. The molecule has 0 radical (unpaired) electrons. The van der Waals surface area contributed by atoms with Crippen LogP contribution in [0.5, 0.6) is 0 Å². The monoisotopic (exact) mass is 260 g/mol. The molecule has 1 atom stereocenters. The van der Waals surface area contributed by atoms with E-state index in [0.717, 1.165) is 10.7 Å². The lowest BCUT2D eigenvalue weighted by Crippen LogP contribution is -2.04. The third-order valence-electron chi connectivity index (χ3n) is 3.52. The van der Waals surface area contributed by atoms with E-state index in [-0.39, 0.29) is 6.04 Å². The van der Waals surface area contributed by atoms with Crippen LogP contribution in [-0.4, -0.2) is 4.98 Å². The van der Waals surface area contributed by atoms with Gasteiger partial charge in [-0.25, -0.2) is 4.98 Å². The Bertz CT molecular complexity index is 582. The van der Waals surface area contributed by atoms with E-state index in [1.807, 2.05) is 6.92 Å². The zero-order valence-electron chi connectivity index (χ0n) is 11.7. The zero-order valence-corrected chi connectivity index (χ0v) is 12.5. The summed E-state index contributed by atoms with van der Waals surface area (Å²) in [6.45, 7) is 10.6. The van der Waals surface area contributed by atoms with E-state index in [9.17, 15) is 0 Å². The molecular formula is C15H20N2S. The lowest BCUT2D eigenvalue weighted by Gasteiger charge is -2.10. The molecule has 0 fully saturated rings. The van der Waals surface area contributed by atoms with Crippen LogP contribution in [0.3, 0.4) is 0 Å². The topological polar surface area (TPSA) is 38.9 Å². The van der Waals surface area contributed by atoms with Gasteiger partial charge >= 0.3 is 0 Å². The lowest BCUT2D eigenvalue weighted by atomic mass is 9.97. The van der Waals surface area contributed by atoms with Crippen LogP contribution >= 0.6 is 11.3 Å². The van der Waals surface area contributed by atoms with E-state index in [0.29, 0.717) is 0 Å². The van der Waals surface area contributed by atoms with Gasteiger partial charge in [0.15, 0.2) is 0 Å². The maximum atomic E-state index is 5.91.